The maximum atomic E-state index is 12.5. The van der Waals surface area contributed by atoms with Gasteiger partial charge < -0.3 is 4.90 Å². The van der Waals surface area contributed by atoms with Crippen LogP contribution < -0.4 is 0 Å². The van der Waals surface area contributed by atoms with E-state index in [-0.39, 0.29) is 0 Å². The SMILES string of the molecule is O=C(CN1CCCC1c1cccs1)N1CCCCCC1. The highest BCUT2D eigenvalue weighted by atomic mass is 32.1. The Morgan fingerprint density at radius 3 is 2.65 bits per heavy atom. The zero-order valence-corrected chi connectivity index (χ0v) is 12.9. The van der Waals surface area contributed by atoms with Gasteiger partial charge in [0.2, 0.25) is 5.91 Å². The monoisotopic (exact) mass is 292 g/mol. The van der Waals surface area contributed by atoms with Gasteiger partial charge in [0.15, 0.2) is 0 Å². The zero-order valence-electron chi connectivity index (χ0n) is 12.1. The van der Waals surface area contributed by atoms with Gasteiger partial charge in [-0.15, -0.1) is 11.3 Å². The first-order valence-electron chi connectivity index (χ1n) is 7.90. The van der Waals surface area contributed by atoms with Crippen molar-refractivity contribution in [2.75, 3.05) is 26.2 Å². The van der Waals surface area contributed by atoms with Crippen molar-refractivity contribution >= 4 is 17.2 Å². The Morgan fingerprint density at radius 1 is 1.15 bits per heavy atom. The van der Waals surface area contributed by atoms with E-state index < -0.39 is 0 Å². The molecule has 2 saturated heterocycles. The van der Waals surface area contributed by atoms with Crippen LogP contribution in [0.2, 0.25) is 0 Å². The molecule has 0 N–H and O–H groups in total. The minimum atomic E-state index is 0.343. The molecule has 1 atom stereocenters. The third kappa shape index (κ3) is 3.23. The van der Waals surface area contributed by atoms with Gasteiger partial charge in [-0.2, -0.15) is 0 Å². The van der Waals surface area contributed by atoms with Crippen molar-refractivity contribution in [2.45, 2.75) is 44.6 Å². The Bertz CT molecular complexity index is 424. The van der Waals surface area contributed by atoms with Crippen LogP contribution in [-0.4, -0.2) is 41.9 Å². The van der Waals surface area contributed by atoms with Gasteiger partial charge in [0.05, 0.1) is 6.54 Å². The van der Waals surface area contributed by atoms with Crippen LogP contribution in [0, 0.1) is 0 Å². The van der Waals surface area contributed by atoms with Gasteiger partial charge in [-0.05, 0) is 43.7 Å². The summed E-state index contributed by atoms with van der Waals surface area (Å²) in [6, 6.07) is 4.81. The second kappa shape index (κ2) is 6.72. The molecule has 4 heteroatoms. The molecule has 3 heterocycles. The lowest BCUT2D eigenvalue weighted by atomic mass is 10.2. The number of carbonyl (C=O) groups excluding carboxylic acids is 1. The summed E-state index contributed by atoms with van der Waals surface area (Å²) >= 11 is 1.82. The molecule has 1 aromatic heterocycles. The Balaban J connectivity index is 1.60. The third-order valence-corrected chi connectivity index (χ3v) is 5.51. The first-order valence-corrected chi connectivity index (χ1v) is 8.78. The number of hydrogen-bond acceptors (Lipinski definition) is 3. The van der Waals surface area contributed by atoms with Gasteiger partial charge in [0, 0.05) is 24.0 Å². The van der Waals surface area contributed by atoms with E-state index in [1.807, 2.05) is 11.3 Å². The summed E-state index contributed by atoms with van der Waals surface area (Å²) in [6.07, 6.45) is 7.35. The third-order valence-electron chi connectivity index (χ3n) is 4.53. The maximum absolute atomic E-state index is 12.5. The summed E-state index contributed by atoms with van der Waals surface area (Å²) in [5, 5.41) is 2.14. The van der Waals surface area contributed by atoms with Crippen molar-refractivity contribution in [2.24, 2.45) is 0 Å². The van der Waals surface area contributed by atoms with Crippen LogP contribution in [0.1, 0.15) is 49.4 Å². The minimum absolute atomic E-state index is 0.343. The number of carbonyl (C=O) groups is 1. The van der Waals surface area contributed by atoms with Gasteiger partial charge in [-0.3, -0.25) is 9.69 Å². The molecule has 1 unspecified atom stereocenters. The molecule has 1 amide bonds. The smallest absolute Gasteiger partial charge is 0.236 e. The van der Waals surface area contributed by atoms with E-state index in [9.17, 15) is 4.79 Å². The first kappa shape index (κ1) is 14.1. The quantitative estimate of drug-likeness (QED) is 0.853. The minimum Gasteiger partial charge on any atom is -0.342 e. The molecule has 20 heavy (non-hydrogen) atoms. The van der Waals surface area contributed by atoms with Gasteiger partial charge >= 0.3 is 0 Å². The Kier molecular flexibility index (Phi) is 4.73. The molecule has 0 saturated carbocycles. The molecule has 2 aliphatic heterocycles. The van der Waals surface area contributed by atoms with Crippen LogP contribution in [0.4, 0.5) is 0 Å². The van der Waals surface area contributed by atoms with Crippen molar-refractivity contribution < 1.29 is 4.79 Å². The number of thiophene rings is 1. The Labute approximate surface area is 125 Å². The maximum Gasteiger partial charge on any atom is 0.236 e. The van der Waals surface area contributed by atoms with Crippen LogP contribution in [-0.2, 0) is 4.79 Å². The van der Waals surface area contributed by atoms with Crippen molar-refractivity contribution in [1.29, 1.82) is 0 Å². The van der Waals surface area contributed by atoms with E-state index in [2.05, 4.69) is 27.3 Å². The molecule has 0 aromatic carbocycles. The molecule has 3 rings (SSSR count). The number of likely N-dealkylation sites (tertiary alicyclic amines) is 2. The van der Waals surface area contributed by atoms with Gasteiger partial charge in [-0.1, -0.05) is 18.9 Å². The predicted octanol–water partition coefficient (Wildman–Crippen LogP) is 3.29. The molecular formula is C16H24N2OS. The predicted molar refractivity (Wildman–Crippen MR) is 82.9 cm³/mol. The fourth-order valence-electron chi connectivity index (χ4n) is 3.41. The molecule has 0 radical (unpaired) electrons. The van der Waals surface area contributed by atoms with Crippen LogP contribution in [0.5, 0.6) is 0 Å². The molecule has 2 fully saturated rings. The Morgan fingerprint density at radius 2 is 1.95 bits per heavy atom. The van der Waals surface area contributed by atoms with E-state index in [0.29, 0.717) is 18.5 Å². The highest BCUT2D eigenvalue weighted by Crippen LogP contribution is 2.34. The summed E-state index contributed by atoms with van der Waals surface area (Å²) in [5.41, 5.74) is 0. The second-order valence-electron chi connectivity index (χ2n) is 5.94. The second-order valence-corrected chi connectivity index (χ2v) is 6.92. The highest BCUT2D eigenvalue weighted by molar-refractivity contribution is 7.10. The number of nitrogens with zero attached hydrogens (tertiary/aromatic N) is 2. The van der Waals surface area contributed by atoms with Crippen molar-refractivity contribution in [3.05, 3.63) is 22.4 Å². The van der Waals surface area contributed by atoms with E-state index in [1.165, 1.54) is 43.4 Å². The van der Waals surface area contributed by atoms with E-state index in [0.717, 1.165) is 19.6 Å². The van der Waals surface area contributed by atoms with Crippen LogP contribution in [0.15, 0.2) is 17.5 Å². The fourth-order valence-corrected chi connectivity index (χ4v) is 4.31. The lowest BCUT2D eigenvalue weighted by Crippen LogP contribution is -2.40. The van der Waals surface area contributed by atoms with Crippen LogP contribution >= 0.6 is 11.3 Å². The lowest BCUT2D eigenvalue weighted by Gasteiger charge is -2.27. The summed E-state index contributed by atoms with van der Waals surface area (Å²) < 4.78 is 0. The number of hydrogen-bond donors (Lipinski definition) is 0. The molecule has 110 valence electrons. The highest BCUT2D eigenvalue weighted by Gasteiger charge is 2.29. The van der Waals surface area contributed by atoms with Crippen LogP contribution in [0.25, 0.3) is 0 Å². The molecule has 0 spiro atoms. The molecule has 2 aliphatic rings. The average Bonchev–Trinajstić information content (AvgIpc) is 3.04. The molecular weight excluding hydrogens is 268 g/mol. The summed E-state index contributed by atoms with van der Waals surface area (Å²) in [5.74, 6) is 0.343. The van der Waals surface area contributed by atoms with Crippen molar-refractivity contribution in [3.8, 4) is 0 Å². The van der Waals surface area contributed by atoms with E-state index in [4.69, 9.17) is 0 Å². The van der Waals surface area contributed by atoms with E-state index >= 15 is 0 Å². The normalized spacial score (nSPS) is 24.8. The molecule has 3 nitrogen and oxygen atoms in total. The topological polar surface area (TPSA) is 23.6 Å². The van der Waals surface area contributed by atoms with Gasteiger partial charge in [0.1, 0.15) is 0 Å². The molecule has 0 bridgehead atoms. The van der Waals surface area contributed by atoms with E-state index in [1.54, 1.807) is 0 Å². The average molecular weight is 292 g/mol. The summed E-state index contributed by atoms with van der Waals surface area (Å²) in [7, 11) is 0. The van der Waals surface area contributed by atoms with Crippen molar-refractivity contribution in [1.82, 2.24) is 9.80 Å². The largest absolute Gasteiger partial charge is 0.342 e. The Hall–Kier alpha value is -0.870. The standard InChI is InChI=1S/C16H24N2OS/c19-16(17-9-3-1-2-4-10-17)13-18-11-5-7-14(18)15-8-6-12-20-15/h6,8,12,14H,1-5,7,9-11,13H2. The zero-order chi connectivity index (χ0) is 13.8. The summed E-state index contributed by atoms with van der Waals surface area (Å²) in [4.78, 5) is 18.4. The number of rotatable bonds is 3. The van der Waals surface area contributed by atoms with Gasteiger partial charge in [-0.25, -0.2) is 0 Å². The lowest BCUT2D eigenvalue weighted by molar-refractivity contribution is -0.132. The van der Waals surface area contributed by atoms with Crippen LogP contribution in [0.3, 0.4) is 0 Å². The molecule has 1 aromatic rings. The fraction of sp³-hybridized carbons (Fsp3) is 0.688. The molecule has 0 aliphatic carbocycles. The van der Waals surface area contributed by atoms with Gasteiger partial charge in [0.25, 0.3) is 0 Å². The number of amides is 1. The van der Waals surface area contributed by atoms with Crippen molar-refractivity contribution in [3.63, 3.8) is 0 Å². The first-order chi connectivity index (χ1) is 9.84. The summed E-state index contributed by atoms with van der Waals surface area (Å²) in [6.45, 7) is 3.62.